The first-order valence-electron chi connectivity index (χ1n) is 6.45. The van der Waals surface area contributed by atoms with E-state index in [1.54, 1.807) is 4.90 Å². The second kappa shape index (κ2) is 5.48. The standard InChI is InChI=1S/C12H20N4O2/c1-4-5-10-13-11(15-14-10)12(17)16-6-9(3)18-7-8(16)2/h8-9H,4-7H2,1-3H3,(H,13,14,15). The number of aromatic amines is 1. The number of H-pyrrole nitrogens is 1. The van der Waals surface area contributed by atoms with E-state index in [2.05, 4.69) is 22.1 Å². The average Bonchev–Trinajstić information content (AvgIpc) is 2.80. The van der Waals surface area contributed by atoms with E-state index < -0.39 is 0 Å². The minimum Gasteiger partial charge on any atom is -0.375 e. The monoisotopic (exact) mass is 252 g/mol. The quantitative estimate of drug-likeness (QED) is 0.871. The number of amides is 1. The lowest BCUT2D eigenvalue weighted by atomic mass is 10.2. The summed E-state index contributed by atoms with van der Waals surface area (Å²) in [7, 11) is 0. The van der Waals surface area contributed by atoms with Crippen LogP contribution in [-0.2, 0) is 11.2 Å². The number of carbonyl (C=O) groups is 1. The number of morpholine rings is 1. The Morgan fingerprint density at radius 3 is 3.06 bits per heavy atom. The van der Waals surface area contributed by atoms with E-state index >= 15 is 0 Å². The molecular formula is C12H20N4O2. The summed E-state index contributed by atoms with van der Waals surface area (Å²) in [5.41, 5.74) is 0. The zero-order chi connectivity index (χ0) is 13.1. The maximum atomic E-state index is 12.3. The van der Waals surface area contributed by atoms with Crippen LogP contribution in [0.5, 0.6) is 0 Å². The largest absolute Gasteiger partial charge is 0.375 e. The summed E-state index contributed by atoms with van der Waals surface area (Å²) in [5, 5.41) is 6.81. The van der Waals surface area contributed by atoms with Crippen molar-refractivity contribution in [3.8, 4) is 0 Å². The van der Waals surface area contributed by atoms with Gasteiger partial charge in [0.2, 0.25) is 5.82 Å². The Balaban J connectivity index is 2.09. The van der Waals surface area contributed by atoms with Crippen LogP contribution in [0.25, 0.3) is 0 Å². The summed E-state index contributed by atoms with van der Waals surface area (Å²) < 4.78 is 5.51. The fraction of sp³-hybridized carbons (Fsp3) is 0.750. The maximum Gasteiger partial charge on any atom is 0.293 e. The molecule has 2 unspecified atom stereocenters. The molecule has 1 aromatic heterocycles. The molecule has 2 atom stereocenters. The molecule has 0 aliphatic carbocycles. The lowest BCUT2D eigenvalue weighted by Gasteiger charge is -2.36. The van der Waals surface area contributed by atoms with Gasteiger partial charge in [-0.1, -0.05) is 6.92 Å². The molecule has 1 aliphatic rings. The molecule has 6 heteroatoms. The first-order valence-corrected chi connectivity index (χ1v) is 6.45. The third-order valence-corrected chi connectivity index (χ3v) is 3.08. The number of hydrogen-bond acceptors (Lipinski definition) is 4. The molecule has 18 heavy (non-hydrogen) atoms. The fourth-order valence-corrected chi connectivity index (χ4v) is 2.05. The zero-order valence-electron chi connectivity index (χ0n) is 11.1. The number of rotatable bonds is 3. The molecule has 1 amide bonds. The van der Waals surface area contributed by atoms with Crippen LogP contribution in [0, 0.1) is 0 Å². The molecule has 0 saturated carbocycles. The number of carbonyl (C=O) groups excluding carboxylic acids is 1. The molecule has 2 heterocycles. The highest BCUT2D eigenvalue weighted by molar-refractivity contribution is 5.90. The van der Waals surface area contributed by atoms with Gasteiger partial charge in [-0.3, -0.25) is 9.89 Å². The molecule has 2 rings (SSSR count). The van der Waals surface area contributed by atoms with E-state index in [0.29, 0.717) is 13.2 Å². The highest BCUT2D eigenvalue weighted by atomic mass is 16.5. The van der Waals surface area contributed by atoms with Crippen LogP contribution in [0.1, 0.15) is 43.6 Å². The molecule has 0 radical (unpaired) electrons. The fourth-order valence-electron chi connectivity index (χ4n) is 2.05. The Hall–Kier alpha value is -1.43. The smallest absolute Gasteiger partial charge is 0.293 e. The van der Waals surface area contributed by atoms with E-state index in [0.717, 1.165) is 18.7 Å². The van der Waals surface area contributed by atoms with Gasteiger partial charge in [0.1, 0.15) is 5.82 Å². The third kappa shape index (κ3) is 2.69. The molecule has 1 aliphatic heterocycles. The summed E-state index contributed by atoms with van der Waals surface area (Å²) in [5.74, 6) is 0.922. The topological polar surface area (TPSA) is 71.1 Å². The molecule has 100 valence electrons. The predicted molar refractivity (Wildman–Crippen MR) is 66.3 cm³/mol. The van der Waals surface area contributed by atoms with Crippen molar-refractivity contribution in [1.82, 2.24) is 20.1 Å². The zero-order valence-corrected chi connectivity index (χ0v) is 11.1. The second-order valence-electron chi connectivity index (χ2n) is 4.81. The van der Waals surface area contributed by atoms with Crippen molar-refractivity contribution in [2.45, 2.75) is 45.8 Å². The minimum atomic E-state index is -0.115. The molecule has 1 saturated heterocycles. The molecule has 0 aromatic carbocycles. The highest BCUT2D eigenvalue weighted by Crippen LogP contribution is 2.13. The molecular weight excluding hydrogens is 232 g/mol. The lowest BCUT2D eigenvalue weighted by molar-refractivity contribution is -0.0391. The predicted octanol–water partition coefficient (Wildman–Crippen LogP) is 1.01. The summed E-state index contributed by atoms with van der Waals surface area (Å²) in [6.45, 7) is 7.17. The van der Waals surface area contributed by atoms with Gasteiger partial charge in [-0.25, -0.2) is 4.98 Å². The van der Waals surface area contributed by atoms with Gasteiger partial charge in [0, 0.05) is 13.0 Å². The van der Waals surface area contributed by atoms with Crippen LogP contribution >= 0.6 is 0 Å². The van der Waals surface area contributed by atoms with Gasteiger partial charge in [0.05, 0.1) is 18.8 Å². The van der Waals surface area contributed by atoms with Gasteiger partial charge in [-0.2, -0.15) is 0 Å². The van der Waals surface area contributed by atoms with Gasteiger partial charge in [-0.15, -0.1) is 5.10 Å². The molecule has 6 nitrogen and oxygen atoms in total. The van der Waals surface area contributed by atoms with Gasteiger partial charge < -0.3 is 9.64 Å². The minimum absolute atomic E-state index is 0.0687. The van der Waals surface area contributed by atoms with Crippen molar-refractivity contribution in [3.05, 3.63) is 11.6 Å². The van der Waals surface area contributed by atoms with Crippen molar-refractivity contribution in [2.75, 3.05) is 13.2 Å². The van der Waals surface area contributed by atoms with E-state index in [1.807, 2.05) is 13.8 Å². The second-order valence-corrected chi connectivity index (χ2v) is 4.81. The van der Waals surface area contributed by atoms with Gasteiger partial charge in [0.25, 0.3) is 5.91 Å². The van der Waals surface area contributed by atoms with E-state index in [9.17, 15) is 4.79 Å². The average molecular weight is 252 g/mol. The van der Waals surface area contributed by atoms with Gasteiger partial charge in [0.15, 0.2) is 0 Å². The van der Waals surface area contributed by atoms with Crippen LogP contribution in [0.15, 0.2) is 0 Å². The summed E-state index contributed by atoms with van der Waals surface area (Å²) in [4.78, 5) is 18.3. The van der Waals surface area contributed by atoms with E-state index in [1.165, 1.54) is 0 Å². The van der Waals surface area contributed by atoms with Crippen molar-refractivity contribution in [1.29, 1.82) is 0 Å². The van der Waals surface area contributed by atoms with Crippen LogP contribution in [0.2, 0.25) is 0 Å². The third-order valence-electron chi connectivity index (χ3n) is 3.08. The first-order chi connectivity index (χ1) is 8.61. The molecule has 1 fully saturated rings. The van der Waals surface area contributed by atoms with Gasteiger partial charge in [-0.05, 0) is 20.3 Å². The Kier molecular flexibility index (Phi) is 3.96. The van der Waals surface area contributed by atoms with Crippen molar-refractivity contribution >= 4 is 5.91 Å². The van der Waals surface area contributed by atoms with Gasteiger partial charge >= 0.3 is 0 Å². The number of aromatic nitrogens is 3. The molecule has 0 spiro atoms. The SMILES string of the molecule is CCCc1nc(C(=O)N2CC(C)OCC2C)n[nH]1. The Morgan fingerprint density at radius 1 is 1.56 bits per heavy atom. The number of hydrogen-bond donors (Lipinski definition) is 1. The van der Waals surface area contributed by atoms with Crippen LogP contribution in [-0.4, -0.2) is 51.3 Å². The number of ether oxygens (including phenoxy) is 1. The number of aryl methyl sites for hydroxylation is 1. The van der Waals surface area contributed by atoms with Crippen molar-refractivity contribution < 1.29 is 9.53 Å². The lowest BCUT2D eigenvalue weighted by Crippen LogP contribution is -2.50. The van der Waals surface area contributed by atoms with Crippen molar-refractivity contribution in [3.63, 3.8) is 0 Å². The summed E-state index contributed by atoms with van der Waals surface area (Å²) in [6, 6.07) is 0.0711. The Labute approximate surface area is 107 Å². The van der Waals surface area contributed by atoms with Crippen LogP contribution in [0.4, 0.5) is 0 Å². The normalized spacial score (nSPS) is 24.3. The molecule has 1 N–H and O–H groups in total. The van der Waals surface area contributed by atoms with E-state index in [4.69, 9.17) is 4.74 Å². The van der Waals surface area contributed by atoms with E-state index in [-0.39, 0.29) is 23.9 Å². The van der Waals surface area contributed by atoms with Crippen LogP contribution < -0.4 is 0 Å². The molecule has 0 bridgehead atoms. The number of nitrogens with one attached hydrogen (secondary N) is 1. The highest BCUT2D eigenvalue weighted by Gasteiger charge is 2.30. The molecule has 1 aromatic rings. The number of nitrogens with zero attached hydrogens (tertiary/aromatic N) is 3. The summed E-state index contributed by atoms with van der Waals surface area (Å²) in [6.07, 6.45) is 1.86. The Morgan fingerprint density at radius 2 is 2.33 bits per heavy atom. The maximum absolute atomic E-state index is 12.3. The Bertz CT molecular complexity index is 418. The summed E-state index contributed by atoms with van der Waals surface area (Å²) >= 11 is 0. The van der Waals surface area contributed by atoms with Crippen molar-refractivity contribution in [2.24, 2.45) is 0 Å². The first kappa shape index (κ1) is 13.0. The van der Waals surface area contributed by atoms with Crippen LogP contribution in [0.3, 0.4) is 0 Å².